The summed E-state index contributed by atoms with van der Waals surface area (Å²) in [5.74, 6) is -0.193. The first-order valence-electron chi connectivity index (χ1n) is 7.47. The van der Waals surface area contributed by atoms with E-state index in [0.29, 0.717) is 12.6 Å². The van der Waals surface area contributed by atoms with E-state index in [4.69, 9.17) is 5.73 Å². The maximum atomic E-state index is 11.2. The van der Waals surface area contributed by atoms with Crippen LogP contribution in [0.1, 0.15) is 51.9 Å². The molecule has 1 aliphatic rings. The molecular weight excluding hydrogens is 226 g/mol. The van der Waals surface area contributed by atoms with Crippen molar-refractivity contribution in [3.05, 3.63) is 0 Å². The fraction of sp³-hybridized carbons (Fsp3) is 0.929. The Labute approximate surface area is 111 Å². The van der Waals surface area contributed by atoms with Gasteiger partial charge in [-0.2, -0.15) is 0 Å². The number of piperidine rings is 1. The van der Waals surface area contributed by atoms with Crippen LogP contribution in [-0.4, -0.2) is 43.0 Å². The van der Waals surface area contributed by atoms with E-state index >= 15 is 0 Å². The average Bonchev–Trinajstić information content (AvgIpc) is 2.38. The maximum absolute atomic E-state index is 11.2. The van der Waals surface area contributed by atoms with Gasteiger partial charge in [0.1, 0.15) is 0 Å². The van der Waals surface area contributed by atoms with Gasteiger partial charge in [-0.15, -0.1) is 0 Å². The molecule has 0 spiro atoms. The zero-order valence-corrected chi connectivity index (χ0v) is 11.8. The van der Waals surface area contributed by atoms with Gasteiger partial charge in [0.15, 0.2) is 0 Å². The van der Waals surface area contributed by atoms with Crippen LogP contribution in [0, 0.1) is 0 Å². The van der Waals surface area contributed by atoms with Crippen LogP contribution in [0.5, 0.6) is 0 Å². The lowest BCUT2D eigenvalue weighted by atomic mass is 10.0. The number of carbonyl (C=O) groups is 1. The second-order valence-electron chi connectivity index (χ2n) is 5.33. The Morgan fingerprint density at radius 1 is 1.22 bits per heavy atom. The van der Waals surface area contributed by atoms with Gasteiger partial charge >= 0.3 is 0 Å². The molecule has 1 heterocycles. The minimum Gasteiger partial charge on any atom is -0.369 e. The predicted molar refractivity (Wildman–Crippen MR) is 75.4 cm³/mol. The Bertz CT molecular complexity index is 227. The van der Waals surface area contributed by atoms with Crippen molar-refractivity contribution in [3.63, 3.8) is 0 Å². The Morgan fingerprint density at radius 3 is 2.50 bits per heavy atom. The molecule has 1 saturated heterocycles. The number of rotatable bonds is 9. The van der Waals surface area contributed by atoms with E-state index in [-0.39, 0.29) is 5.91 Å². The largest absolute Gasteiger partial charge is 0.369 e. The molecule has 1 fully saturated rings. The van der Waals surface area contributed by atoms with Crippen molar-refractivity contribution in [1.29, 1.82) is 0 Å². The number of unbranched alkanes of at least 4 members (excludes halogenated alkanes) is 4. The highest BCUT2D eigenvalue weighted by atomic mass is 16.1. The van der Waals surface area contributed by atoms with Crippen LogP contribution in [0.4, 0.5) is 0 Å². The first-order chi connectivity index (χ1) is 8.74. The van der Waals surface area contributed by atoms with E-state index in [1.54, 1.807) is 0 Å². The summed E-state index contributed by atoms with van der Waals surface area (Å²) in [4.78, 5) is 13.5. The second-order valence-corrected chi connectivity index (χ2v) is 5.33. The zero-order chi connectivity index (χ0) is 13.2. The van der Waals surface area contributed by atoms with E-state index in [0.717, 1.165) is 32.5 Å². The summed E-state index contributed by atoms with van der Waals surface area (Å²) in [6.45, 7) is 5.82. The first-order valence-corrected chi connectivity index (χ1v) is 7.47. The molecule has 1 rings (SSSR count). The molecule has 0 saturated carbocycles. The number of hydrogen-bond donors (Lipinski definition) is 2. The summed E-state index contributed by atoms with van der Waals surface area (Å²) in [7, 11) is 0. The number of primary amides is 1. The van der Waals surface area contributed by atoms with Crippen LogP contribution in [0.25, 0.3) is 0 Å². The van der Waals surface area contributed by atoms with Gasteiger partial charge in [0.2, 0.25) is 5.91 Å². The maximum Gasteiger partial charge on any atom is 0.231 e. The summed E-state index contributed by atoms with van der Waals surface area (Å²) in [6, 6.07) is 0.546. The Balaban J connectivity index is 2.27. The van der Waals surface area contributed by atoms with Crippen molar-refractivity contribution in [2.45, 2.75) is 57.9 Å². The van der Waals surface area contributed by atoms with E-state index in [1.807, 2.05) is 0 Å². The van der Waals surface area contributed by atoms with E-state index in [9.17, 15) is 4.79 Å². The van der Waals surface area contributed by atoms with Crippen LogP contribution in [0.3, 0.4) is 0 Å². The van der Waals surface area contributed by atoms with Crippen molar-refractivity contribution < 1.29 is 4.79 Å². The Hall–Kier alpha value is -0.610. The standard InChI is InChI=1S/C14H29N3O/c1-2-3-4-5-6-11-17(12-14(15)18)13-7-9-16-10-8-13/h13,16H,2-12H2,1H3,(H2,15,18). The van der Waals surface area contributed by atoms with Gasteiger partial charge in [0.25, 0.3) is 0 Å². The SMILES string of the molecule is CCCCCCCN(CC(N)=O)C1CCNCC1. The molecule has 1 aliphatic heterocycles. The average molecular weight is 255 g/mol. The number of amides is 1. The molecule has 1 amide bonds. The van der Waals surface area contributed by atoms with Gasteiger partial charge in [0.05, 0.1) is 6.54 Å². The third-order valence-corrected chi connectivity index (χ3v) is 3.73. The summed E-state index contributed by atoms with van der Waals surface area (Å²) in [5.41, 5.74) is 5.36. The van der Waals surface area contributed by atoms with Crippen molar-refractivity contribution in [2.75, 3.05) is 26.2 Å². The molecule has 0 aromatic heterocycles. The third-order valence-electron chi connectivity index (χ3n) is 3.73. The number of nitrogens with zero attached hydrogens (tertiary/aromatic N) is 1. The van der Waals surface area contributed by atoms with Crippen LogP contribution in [0.2, 0.25) is 0 Å². The topological polar surface area (TPSA) is 58.4 Å². The number of hydrogen-bond acceptors (Lipinski definition) is 3. The molecule has 3 N–H and O–H groups in total. The summed E-state index contributed by atoms with van der Waals surface area (Å²) in [6.07, 6.45) is 8.66. The molecule has 0 aromatic rings. The quantitative estimate of drug-likeness (QED) is 0.614. The van der Waals surface area contributed by atoms with Crippen LogP contribution in [-0.2, 0) is 4.79 Å². The highest BCUT2D eigenvalue weighted by Gasteiger charge is 2.21. The lowest BCUT2D eigenvalue weighted by molar-refractivity contribution is -0.119. The summed E-state index contributed by atoms with van der Waals surface area (Å²) < 4.78 is 0. The smallest absolute Gasteiger partial charge is 0.231 e. The minimum absolute atomic E-state index is 0.193. The first kappa shape index (κ1) is 15.4. The molecule has 0 unspecified atom stereocenters. The predicted octanol–water partition coefficient (Wildman–Crippen LogP) is 1.50. The number of nitrogens with one attached hydrogen (secondary N) is 1. The normalized spacial score (nSPS) is 17.2. The highest BCUT2D eigenvalue weighted by Crippen LogP contribution is 2.13. The van der Waals surface area contributed by atoms with Crippen LogP contribution >= 0.6 is 0 Å². The molecule has 0 atom stereocenters. The summed E-state index contributed by atoms with van der Waals surface area (Å²) in [5, 5.41) is 3.36. The third kappa shape index (κ3) is 6.36. The van der Waals surface area contributed by atoms with Crippen LogP contribution in [0.15, 0.2) is 0 Å². The van der Waals surface area contributed by atoms with Crippen molar-refractivity contribution in [3.8, 4) is 0 Å². The van der Waals surface area contributed by atoms with Gasteiger partial charge in [-0.05, 0) is 38.9 Å². The van der Waals surface area contributed by atoms with Gasteiger partial charge in [-0.3, -0.25) is 9.69 Å². The lowest BCUT2D eigenvalue weighted by Crippen LogP contribution is -2.46. The molecule has 4 heteroatoms. The second kappa shape index (κ2) is 9.34. The van der Waals surface area contributed by atoms with Gasteiger partial charge < -0.3 is 11.1 Å². The van der Waals surface area contributed by atoms with Gasteiger partial charge in [0, 0.05) is 6.04 Å². The molecule has 0 bridgehead atoms. The number of carbonyl (C=O) groups excluding carboxylic acids is 1. The van der Waals surface area contributed by atoms with Crippen molar-refractivity contribution in [2.24, 2.45) is 5.73 Å². The van der Waals surface area contributed by atoms with Crippen LogP contribution < -0.4 is 11.1 Å². The fourth-order valence-corrected chi connectivity index (χ4v) is 2.68. The highest BCUT2D eigenvalue weighted by molar-refractivity contribution is 5.75. The van der Waals surface area contributed by atoms with E-state index in [2.05, 4.69) is 17.1 Å². The van der Waals surface area contributed by atoms with Crippen molar-refractivity contribution in [1.82, 2.24) is 10.2 Å². The molecule has 0 aliphatic carbocycles. The molecule has 0 aromatic carbocycles. The Morgan fingerprint density at radius 2 is 1.89 bits per heavy atom. The number of nitrogens with two attached hydrogens (primary N) is 1. The zero-order valence-electron chi connectivity index (χ0n) is 11.8. The van der Waals surface area contributed by atoms with E-state index in [1.165, 1.54) is 32.1 Å². The molecule has 106 valence electrons. The van der Waals surface area contributed by atoms with E-state index < -0.39 is 0 Å². The van der Waals surface area contributed by atoms with Gasteiger partial charge in [-0.1, -0.05) is 32.6 Å². The molecule has 18 heavy (non-hydrogen) atoms. The fourth-order valence-electron chi connectivity index (χ4n) is 2.68. The lowest BCUT2D eigenvalue weighted by Gasteiger charge is -2.33. The molecule has 4 nitrogen and oxygen atoms in total. The molecule has 0 radical (unpaired) electrons. The summed E-state index contributed by atoms with van der Waals surface area (Å²) >= 11 is 0. The molecular formula is C14H29N3O. The van der Waals surface area contributed by atoms with Gasteiger partial charge in [-0.25, -0.2) is 0 Å². The van der Waals surface area contributed by atoms with Crippen molar-refractivity contribution >= 4 is 5.91 Å². The minimum atomic E-state index is -0.193. The monoisotopic (exact) mass is 255 g/mol. The Kier molecular flexibility index (Phi) is 8.01.